The van der Waals surface area contributed by atoms with E-state index in [9.17, 15) is 115 Å². The van der Waals surface area contributed by atoms with Crippen LogP contribution >= 0.6 is 158 Å². The van der Waals surface area contributed by atoms with E-state index in [-0.39, 0.29) is 42.8 Å². The van der Waals surface area contributed by atoms with Crippen LogP contribution in [0.1, 0.15) is 33.1 Å². The molecule has 108 heavy (non-hydrogen) atoms. The molecule has 4 fully saturated rings. The van der Waals surface area contributed by atoms with Crippen molar-refractivity contribution in [1.29, 1.82) is 0 Å². The molecule has 72 heteroatoms. The van der Waals surface area contributed by atoms with E-state index in [1.54, 1.807) is 0 Å². The van der Waals surface area contributed by atoms with Crippen LogP contribution in [0.4, 0.5) is 17.6 Å². The molecule has 0 spiro atoms. The lowest BCUT2D eigenvalue weighted by atomic mass is 10.1. The van der Waals surface area contributed by atoms with Gasteiger partial charge in [-0.2, -0.15) is 17.2 Å². The summed E-state index contributed by atoms with van der Waals surface area (Å²) < 4.78 is 242. The highest BCUT2D eigenvalue weighted by Gasteiger charge is 2.61. The zero-order valence-corrected chi connectivity index (χ0v) is 63.7. The summed E-state index contributed by atoms with van der Waals surface area (Å²) in [6.45, 7) is -11.8. The maximum absolute atomic E-state index is 15.3. The molecule has 4 aliphatic rings. The molecular weight excluding hydrogens is 1840 g/mol. The molecule has 0 bridgehead atoms. The molecule has 0 saturated carbocycles. The van der Waals surface area contributed by atoms with Gasteiger partial charge in [-0.25, -0.2) is 73.3 Å². The molecule has 4 saturated heterocycles. The molecule has 616 valence electrons. The largest absolute Gasteiger partial charge is 0.481 e. The third kappa shape index (κ3) is 25.9. The maximum atomic E-state index is 15.3. The number of nitrogens with one attached hydrogen (secondary N) is 4. The van der Waals surface area contributed by atoms with Crippen LogP contribution in [0, 0.1) is 18.6 Å². The number of aliphatic hydroxyl groups is 8. The number of halogens is 8. The van der Waals surface area contributed by atoms with E-state index < -0.39 is 214 Å². The molecule has 52 nitrogen and oxygen atoms in total. The van der Waals surface area contributed by atoms with Crippen molar-refractivity contribution in [2.75, 3.05) is 26.3 Å². The SMILES string of the molecule is O=c1[nH]c(=S)c(Cl)cn1[C@@H]1O[C@](F)(COP(=O)(O)OP(=O)(O)O)[C@@H](O)[C@H]1O.[2H]C([2H])(OP(=O)(O)OP(=O)(O)O)[C@@]1(F)O[C@@H](n2cc(Cl)c(=S)[nH]c2=O)[C@H](O)[C@@H]1O.[2H]C([2H])(OP(=O)(O)OP(=O)(O)O)[C@@]1(F)O[C@@]([2H])(n2cc(Cl)c(=S)[nH]c2=O)[C@H](O)[C@@H]1O.[2H][C@@]1(n2cc(Cl)c(=S)[nH]c2=O)O[C@](F)(COP(=O)(O)OP(=O)(O)O)[C@@H](O)[C@H]1O. The van der Waals surface area contributed by atoms with Gasteiger partial charge in [0.25, 0.3) is 23.4 Å². The summed E-state index contributed by atoms with van der Waals surface area (Å²) in [6.07, 6.45) is -27.9. The second-order valence-electron chi connectivity index (χ2n) is 20.0. The topological polar surface area (TPSA) is 803 Å². The summed E-state index contributed by atoms with van der Waals surface area (Å²) in [7, 11) is -45.4. The number of phosphoric ester groups is 4. The summed E-state index contributed by atoms with van der Waals surface area (Å²) in [5.41, 5.74) is -4.59. The standard InChI is InChI=1S/4C9H12ClFN2O11P2S/c4*10-3-1-13(8(16)12-6(3)27)7-4(14)5(15)9(11,23-7)2-22-26(20,21)24-25(17,18)19/h4*1,4-5,7,14-15H,2H2,(H,20,21)(H,12,16,27)(H2,17,18,19)/t4*4-,5+,7-,9-/m1111/s1/i2D2,7D;7D;2D2;. The van der Waals surface area contributed by atoms with Crippen LogP contribution in [0.3, 0.4) is 0 Å². The Labute approximate surface area is 638 Å². The van der Waals surface area contributed by atoms with Crippen LogP contribution in [0.25, 0.3) is 0 Å². The first-order chi connectivity index (χ1) is 50.8. The third-order valence-electron chi connectivity index (χ3n) is 12.1. The van der Waals surface area contributed by atoms with Crippen molar-refractivity contribution >= 4 is 158 Å². The highest BCUT2D eigenvalue weighted by atomic mass is 35.5. The fourth-order valence-corrected chi connectivity index (χ4v) is 14.9. The van der Waals surface area contributed by atoms with Crippen LogP contribution in [-0.4, -0.2) is 236 Å². The van der Waals surface area contributed by atoms with E-state index in [0.717, 1.165) is 12.4 Å². The van der Waals surface area contributed by atoms with Crippen molar-refractivity contribution in [2.24, 2.45) is 0 Å². The van der Waals surface area contributed by atoms with Crippen molar-refractivity contribution in [2.45, 2.75) is 97.1 Å². The van der Waals surface area contributed by atoms with Gasteiger partial charge in [-0.1, -0.05) is 95.3 Å². The first-order valence-corrected chi connectivity index (χ1v) is 41.2. The number of aromatic nitrogens is 8. The number of H-pyrrole nitrogens is 4. The number of phosphoric acid groups is 8. The molecule has 20 atom stereocenters. The van der Waals surface area contributed by atoms with Gasteiger partial charge in [0.05, 0.1) is 28.3 Å². The Morgan fingerprint density at radius 1 is 0.398 bits per heavy atom. The molecule has 4 aromatic rings. The number of aliphatic hydroxyl groups excluding tert-OH is 8. The highest BCUT2D eigenvalue weighted by Crippen LogP contribution is 2.62. The number of alkyl halides is 4. The van der Waals surface area contributed by atoms with Gasteiger partial charge in [0.2, 0.25) is 0 Å². The normalized spacial score (nSPS) is 33.4. The highest BCUT2D eigenvalue weighted by molar-refractivity contribution is 7.72. The quantitative estimate of drug-likeness (QED) is 0.0223. The van der Waals surface area contributed by atoms with Gasteiger partial charge in [-0.3, -0.25) is 56.3 Å². The van der Waals surface area contributed by atoms with E-state index in [2.05, 4.69) is 79.0 Å². The van der Waals surface area contributed by atoms with E-state index >= 15 is 8.78 Å². The monoisotopic (exact) mass is 1890 g/mol. The lowest BCUT2D eigenvalue weighted by Gasteiger charge is -2.23. The van der Waals surface area contributed by atoms with Gasteiger partial charge < -0.3 is 119 Å². The van der Waals surface area contributed by atoms with Crippen molar-refractivity contribution < 1.29 is 216 Å². The zero-order valence-electron chi connectivity index (χ0n) is 56.3. The minimum atomic E-state index is -6.04. The Balaban J connectivity index is 0.000000272. The predicted octanol–water partition coefficient (Wildman–Crippen LogP) is -1.19. The summed E-state index contributed by atoms with van der Waals surface area (Å²) in [5.74, 6) is -15.4. The van der Waals surface area contributed by atoms with Crippen LogP contribution in [-0.2, 0) is 90.8 Å². The number of hydrogen-bond donors (Lipinski definition) is 24. The Morgan fingerprint density at radius 2 is 0.611 bits per heavy atom. The lowest BCUT2D eigenvalue weighted by Crippen LogP contribution is -2.43. The second kappa shape index (κ2) is 35.7. The molecule has 4 aliphatic heterocycles. The van der Waals surface area contributed by atoms with E-state index in [4.69, 9.17) is 133 Å². The number of nitrogens with zero attached hydrogens (tertiary/aromatic N) is 4. The van der Waals surface area contributed by atoms with E-state index in [1.165, 1.54) is 0 Å². The molecule has 8 rings (SSSR count). The maximum Gasteiger partial charge on any atom is 0.481 e. The molecule has 4 aromatic heterocycles. The molecule has 0 amide bonds. The Hall–Kier alpha value is -2.16. The molecule has 4 unspecified atom stereocenters. The molecule has 0 aliphatic carbocycles. The summed E-state index contributed by atoms with van der Waals surface area (Å²) in [6, 6.07) is 0. The number of hydrogen-bond acceptors (Lipinski definition) is 36. The first kappa shape index (κ1) is 86.7. The Morgan fingerprint density at radius 3 is 0.907 bits per heavy atom. The van der Waals surface area contributed by atoms with Gasteiger partial charge in [-0.05, 0) is 0 Å². The predicted molar refractivity (Wildman–Crippen MR) is 343 cm³/mol. The second-order valence-corrected chi connectivity index (χ2v) is 34.4. The summed E-state index contributed by atoms with van der Waals surface area (Å²) >= 11 is 41.6. The van der Waals surface area contributed by atoms with Gasteiger partial charge in [0.1, 0.15) is 93.7 Å². The minimum absolute atomic E-state index is 0.0983. The zero-order chi connectivity index (χ0) is 88.6. The number of ether oxygens (including phenoxy) is 4. The molecule has 24 N–H and O–H groups in total. The lowest BCUT2D eigenvalue weighted by molar-refractivity contribution is -0.205. The first-order valence-electron chi connectivity index (χ1n) is 28.9. The van der Waals surface area contributed by atoms with Crippen LogP contribution < -0.4 is 22.8 Å². The van der Waals surface area contributed by atoms with Gasteiger partial charge in [0.15, 0.2) is 24.9 Å². The van der Waals surface area contributed by atoms with Gasteiger partial charge in [0, 0.05) is 24.8 Å². The number of aromatic amines is 4. The van der Waals surface area contributed by atoms with E-state index in [0.29, 0.717) is 21.5 Å². The summed E-state index contributed by atoms with van der Waals surface area (Å²) in [4.78, 5) is 161. The van der Waals surface area contributed by atoms with Crippen molar-refractivity contribution in [3.63, 3.8) is 0 Å². The van der Waals surface area contributed by atoms with Crippen molar-refractivity contribution in [3.05, 3.63) is 105 Å². The molecule has 8 heterocycles. The Bertz CT molecular complexity index is 5270. The van der Waals surface area contributed by atoms with Gasteiger partial charge in [-0.15, -0.1) is 0 Å². The van der Waals surface area contributed by atoms with Crippen LogP contribution in [0.2, 0.25) is 20.1 Å². The van der Waals surface area contributed by atoms with Crippen LogP contribution in [0.5, 0.6) is 0 Å². The average molecular weight is 1900 g/mol. The minimum Gasteiger partial charge on any atom is -0.385 e. The molecule has 0 radical (unpaired) electrons. The summed E-state index contributed by atoms with van der Waals surface area (Å²) in [5, 5.41) is 78.5. The average Bonchev–Trinajstić information content (AvgIpc) is 1.56. The van der Waals surface area contributed by atoms with Crippen LogP contribution in [0.15, 0.2) is 44.0 Å². The fraction of sp³-hybridized carbons (Fsp3) is 0.556. The smallest absolute Gasteiger partial charge is 0.385 e. The fourth-order valence-electron chi connectivity index (χ4n) is 7.66. The molecule has 0 aromatic carbocycles. The van der Waals surface area contributed by atoms with Crippen molar-refractivity contribution in [1.82, 2.24) is 38.2 Å². The third-order valence-corrected chi connectivity index (χ3v) is 23.2. The van der Waals surface area contributed by atoms with Crippen molar-refractivity contribution in [3.8, 4) is 0 Å². The molecular formula is C36H48Cl4F4N8O44P8S4. The van der Waals surface area contributed by atoms with E-state index in [1.807, 2.05) is 15.0 Å². The Kier molecular flexibility index (Phi) is 28.7. The number of rotatable bonds is 24. The van der Waals surface area contributed by atoms with Gasteiger partial charge >= 0.3 is 85.3 Å².